The zero-order valence-electron chi connectivity index (χ0n) is 13.7. The molecule has 10 heteroatoms. The van der Waals surface area contributed by atoms with Crippen LogP contribution in [0.2, 0.25) is 0 Å². The van der Waals surface area contributed by atoms with Crippen molar-refractivity contribution in [1.29, 1.82) is 0 Å². The van der Waals surface area contributed by atoms with E-state index in [1.807, 2.05) is 19.1 Å². The summed E-state index contributed by atoms with van der Waals surface area (Å²) >= 11 is 1.26. The van der Waals surface area contributed by atoms with Crippen molar-refractivity contribution in [2.75, 3.05) is 6.54 Å². The highest BCUT2D eigenvalue weighted by Gasteiger charge is 2.21. The molecule has 0 saturated carbocycles. The molecular formula is C15H21N7O2S. The van der Waals surface area contributed by atoms with Gasteiger partial charge in [-0.1, -0.05) is 24.8 Å². The van der Waals surface area contributed by atoms with E-state index in [1.165, 1.54) is 11.8 Å². The molecule has 2 atom stereocenters. The van der Waals surface area contributed by atoms with Gasteiger partial charge in [0.25, 0.3) is 5.91 Å². The Kier molecular flexibility index (Phi) is 6.63. The van der Waals surface area contributed by atoms with Crippen molar-refractivity contribution in [2.45, 2.75) is 24.9 Å². The molecule has 0 spiro atoms. The molecule has 0 bridgehead atoms. The summed E-state index contributed by atoms with van der Waals surface area (Å²) in [5.74, 6) is -0.748. The average molecular weight is 363 g/mol. The monoisotopic (exact) mass is 363 g/mol. The van der Waals surface area contributed by atoms with E-state index in [0.717, 1.165) is 12.0 Å². The van der Waals surface area contributed by atoms with Gasteiger partial charge in [-0.05, 0) is 18.1 Å². The number of hydrogen-bond acceptors (Lipinski definition) is 6. The van der Waals surface area contributed by atoms with Crippen molar-refractivity contribution in [3.8, 4) is 0 Å². The van der Waals surface area contributed by atoms with Gasteiger partial charge in [-0.25, -0.2) is 4.99 Å². The molecule has 1 aliphatic rings. The highest BCUT2D eigenvalue weighted by molar-refractivity contribution is 8.03. The summed E-state index contributed by atoms with van der Waals surface area (Å²) in [6.45, 7) is 1.83. The third-order valence-corrected chi connectivity index (χ3v) is 4.20. The third kappa shape index (κ3) is 5.68. The van der Waals surface area contributed by atoms with E-state index in [-0.39, 0.29) is 24.5 Å². The molecule has 1 aromatic heterocycles. The maximum Gasteiger partial charge on any atom is 0.268 e. The average Bonchev–Trinajstić information content (AvgIpc) is 3.06. The second-order valence-electron chi connectivity index (χ2n) is 5.22. The zero-order valence-corrected chi connectivity index (χ0v) is 14.5. The van der Waals surface area contributed by atoms with Gasteiger partial charge in [-0.2, -0.15) is 0 Å². The van der Waals surface area contributed by atoms with Crippen molar-refractivity contribution in [3.05, 3.63) is 41.2 Å². The second kappa shape index (κ2) is 8.92. The number of nitrogens with one attached hydrogen (secondary N) is 3. The number of carbonyl (C=O) groups excluding carboxylic acids is 2. The van der Waals surface area contributed by atoms with Crippen LogP contribution in [-0.4, -0.2) is 34.8 Å². The number of pyridine rings is 1. The van der Waals surface area contributed by atoms with Crippen LogP contribution in [-0.2, 0) is 9.59 Å². The zero-order chi connectivity index (χ0) is 18.2. The molecule has 0 fully saturated rings. The van der Waals surface area contributed by atoms with Crippen LogP contribution < -0.4 is 27.4 Å². The number of nitrogens with two attached hydrogens (primary N) is 2. The van der Waals surface area contributed by atoms with E-state index in [0.29, 0.717) is 5.70 Å². The summed E-state index contributed by atoms with van der Waals surface area (Å²) in [5, 5.41) is 9.88. The number of thioether (sulfide) groups is 1. The van der Waals surface area contributed by atoms with Crippen LogP contribution in [0.15, 0.2) is 40.6 Å². The van der Waals surface area contributed by atoms with Crippen LogP contribution in [0.25, 0.3) is 0 Å². The first-order valence-corrected chi connectivity index (χ1v) is 8.62. The topological polar surface area (TPSA) is 148 Å². The maximum atomic E-state index is 12.1. The first kappa shape index (κ1) is 18.6. The smallest absolute Gasteiger partial charge is 0.268 e. The van der Waals surface area contributed by atoms with Crippen LogP contribution >= 0.6 is 11.8 Å². The summed E-state index contributed by atoms with van der Waals surface area (Å²) in [7, 11) is 0. The molecule has 0 aliphatic carbocycles. The van der Waals surface area contributed by atoms with E-state index in [9.17, 15) is 9.59 Å². The lowest BCUT2D eigenvalue weighted by atomic mass is 10.1. The van der Waals surface area contributed by atoms with Gasteiger partial charge >= 0.3 is 0 Å². The minimum atomic E-state index is -0.436. The predicted molar refractivity (Wildman–Crippen MR) is 96.8 cm³/mol. The van der Waals surface area contributed by atoms with Gasteiger partial charge in [-0.15, -0.1) is 0 Å². The number of rotatable bonds is 7. The number of aliphatic imine (C=N–C) groups is 1. The van der Waals surface area contributed by atoms with Crippen LogP contribution in [0.5, 0.6) is 0 Å². The molecule has 134 valence electrons. The first-order valence-electron chi connectivity index (χ1n) is 7.68. The van der Waals surface area contributed by atoms with Gasteiger partial charge in [0.15, 0.2) is 11.5 Å². The fourth-order valence-electron chi connectivity index (χ4n) is 2.16. The molecule has 0 radical (unpaired) electrons. The van der Waals surface area contributed by atoms with E-state index in [4.69, 9.17) is 11.5 Å². The van der Waals surface area contributed by atoms with Gasteiger partial charge in [0.1, 0.15) is 5.70 Å². The molecule has 9 nitrogen and oxygen atoms in total. The molecular weight excluding hydrogens is 342 g/mol. The molecule has 0 aromatic carbocycles. The summed E-state index contributed by atoms with van der Waals surface area (Å²) in [6, 6.07) is 3.56. The van der Waals surface area contributed by atoms with Crippen LogP contribution in [0, 0.1) is 0 Å². The van der Waals surface area contributed by atoms with Crippen LogP contribution in [0.1, 0.15) is 24.9 Å². The predicted octanol–water partition coefficient (Wildman–Crippen LogP) is -0.500. The van der Waals surface area contributed by atoms with Gasteiger partial charge < -0.3 is 27.4 Å². The number of hydrogen-bond donors (Lipinski definition) is 5. The molecule has 25 heavy (non-hydrogen) atoms. The largest absolute Gasteiger partial charge is 0.370 e. The van der Waals surface area contributed by atoms with Crippen molar-refractivity contribution in [2.24, 2.45) is 16.5 Å². The molecule has 2 unspecified atom stereocenters. The van der Waals surface area contributed by atoms with Crippen molar-refractivity contribution >= 4 is 29.5 Å². The molecule has 2 rings (SSSR count). The fraction of sp³-hybridized carbons (Fsp3) is 0.333. The number of carbonyl (C=O) groups is 2. The number of guanidine groups is 1. The van der Waals surface area contributed by atoms with E-state index >= 15 is 0 Å². The molecule has 1 aliphatic heterocycles. The highest BCUT2D eigenvalue weighted by atomic mass is 32.2. The highest BCUT2D eigenvalue weighted by Crippen LogP contribution is 2.21. The van der Waals surface area contributed by atoms with Gasteiger partial charge in [0.2, 0.25) is 5.91 Å². The standard InChI is InChI=1S/C15H21N7O2S/c1-2-10(9-4-3-5-18-6-9)20-12(23)7-19-13(24)11-8-25-15(21-11)22-14(16)17/h3-6,8,10,15,21H,2,7H2,1H3,(H,19,24)(H,20,23)(H4,16,17,22). The van der Waals surface area contributed by atoms with Crippen molar-refractivity contribution in [1.82, 2.24) is 20.9 Å². The van der Waals surface area contributed by atoms with Gasteiger partial charge in [0.05, 0.1) is 12.6 Å². The maximum absolute atomic E-state index is 12.1. The number of aromatic nitrogens is 1. The minimum absolute atomic E-state index is 0.0690. The first-order chi connectivity index (χ1) is 12.0. The molecule has 2 heterocycles. The Morgan fingerprint density at radius 2 is 2.28 bits per heavy atom. The summed E-state index contributed by atoms with van der Waals surface area (Å²) in [5.41, 5.74) is 11.4. The normalized spacial score (nSPS) is 17.0. The van der Waals surface area contributed by atoms with Crippen molar-refractivity contribution < 1.29 is 9.59 Å². The molecule has 0 saturated heterocycles. The Balaban J connectivity index is 1.80. The Labute approximate surface area is 149 Å². The Morgan fingerprint density at radius 3 is 2.92 bits per heavy atom. The summed E-state index contributed by atoms with van der Waals surface area (Å²) in [4.78, 5) is 32.1. The lowest BCUT2D eigenvalue weighted by molar-refractivity contribution is -0.125. The lowest BCUT2D eigenvalue weighted by Gasteiger charge is -2.17. The minimum Gasteiger partial charge on any atom is -0.370 e. The van der Waals surface area contributed by atoms with E-state index < -0.39 is 11.4 Å². The molecule has 2 amide bonds. The third-order valence-electron chi connectivity index (χ3n) is 3.34. The van der Waals surface area contributed by atoms with Crippen LogP contribution in [0.4, 0.5) is 0 Å². The second-order valence-corrected chi connectivity index (χ2v) is 6.17. The molecule has 1 aromatic rings. The fourth-order valence-corrected chi connectivity index (χ4v) is 2.97. The van der Waals surface area contributed by atoms with Crippen LogP contribution in [0.3, 0.4) is 0 Å². The summed E-state index contributed by atoms with van der Waals surface area (Å²) < 4.78 is 0. The van der Waals surface area contributed by atoms with E-state index in [2.05, 4.69) is 25.9 Å². The van der Waals surface area contributed by atoms with Crippen molar-refractivity contribution in [3.63, 3.8) is 0 Å². The Hall–Kier alpha value is -2.75. The Bertz CT molecular complexity index is 674. The number of nitrogens with zero attached hydrogens (tertiary/aromatic N) is 2. The SMILES string of the molecule is CCC(NC(=O)CNC(=O)C1=CSC(N=C(N)N)N1)c1cccnc1. The molecule has 7 N–H and O–H groups in total. The summed E-state index contributed by atoms with van der Waals surface area (Å²) in [6.07, 6.45) is 4.10. The number of amides is 2. The van der Waals surface area contributed by atoms with E-state index in [1.54, 1.807) is 17.8 Å². The Morgan fingerprint density at radius 1 is 1.48 bits per heavy atom. The quantitative estimate of drug-likeness (QED) is 0.324. The lowest BCUT2D eigenvalue weighted by Crippen LogP contribution is -2.41. The van der Waals surface area contributed by atoms with Gasteiger partial charge in [-0.3, -0.25) is 14.6 Å². The van der Waals surface area contributed by atoms with Gasteiger partial charge in [0, 0.05) is 17.8 Å².